The largest absolute Gasteiger partial charge is 0.496 e. The molecule has 0 aliphatic heterocycles. The fourth-order valence-corrected chi connectivity index (χ4v) is 7.87. The first-order valence-corrected chi connectivity index (χ1v) is 15.6. The molecular formula is C33H48N2O6. The lowest BCUT2D eigenvalue weighted by molar-refractivity contribution is -0.154. The van der Waals surface area contributed by atoms with Gasteiger partial charge in [-0.15, -0.1) is 0 Å². The van der Waals surface area contributed by atoms with E-state index in [2.05, 4.69) is 17.6 Å². The lowest BCUT2D eigenvalue weighted by Gasteiger charge is -2.39. The Balaban J connectivity index is 1.30. The smallest absolute Gasteiger partial charge is 0.311 e. The van der Waals surface area contributed by atoms with Crippen molar-refractivity contribution < 1.29 is 28.6 Å². The SMILES string of the molecule is CCc1cc(OC2CCC(C)(C(=O)OC)CC2)cc(C(=O)N[C@@H]2[C@H]3CC[C@H](C3)[C@@H]2C(=O)NCC2(C)CCC2)c1OC. The summed E-state index contributed by atoms with van der Waals surface area (Å²) in [6.45, 7) is 6.95. The molecule has 4 aliphatic carbocycles. The number of amides is 2. The van der Waals surface area contributed by atoms with Crippen LogP contribution in [0.3, 0.4) is 0 Å². The van der Waals surface area contributed by atoms with E-state index in [1.807, 2.05) is 19.9 Å². The molecule has 8 nitrogen and oxygen atoms in total. The molecule has 4 atom stereocenters. The Hall–Kier alpha value is -2.77. The molecule has 8 heteroatoms. The van der Waals surface area contributed by atoms with Gasteiger partial charge in [-0.1, -0.05) is 20.3 Å². The van der Waals surface area contributed by atoms with Crippen LogP contribution in [-0.2, 0) is 20.7 Å². The number of hydrogen-bond donors (Lipinski definition) is 2. The van der Waals surface area contributed by atoms with E-state index in [0.717, 1.165) is 50.5 Å². The van der Waals surface area contributed by atoms with Gasteiger partial charge in [0, 0.05) is 12.6 Å². The summed E-state index contributed by atoms with van der Waals surface area (Å²) in [4.78, 5) is 39.5. The first-order valence-electron chi connectivity index (χ1n) is 15.6. The summed E-state index contributed by atoms with van der Waals surface area (Å²) in [5.74, 6) is 1.35. The van der Waals surface area contributed by atoms with Gasteiger partial charge in [0.1, 0.15) is 11.5 Å². The molecule has 4 fully saturated rings. The fraction of sp³-hybridized carbons (Fsp3) is 0.727. The Morgan fingerprint density at radius 2 is 1.68 bits per heavy atom. The zero-order valence-electron chi connectivity index (χ0n) is 25.5. The predicted molar refractivity (Wildman–Crippen MR) is 156 cm³/mol. The lowest BCUT2D eigenvalue weighted by atomic mass is 9.70. The highest BCUT2D eigenvalue weighted by Crippen LogP contribution is 2.49. The number of esters is 1. The maximum atomic E-state index is 13.9. The van der Waals surface area contributed by atoms with Crippen LogP contribution in [0.15, 0.2) is 12.1 Å². The molecule has 41 heavy (non-hydrogen) atoms. The van der Waals surface area contributed by atoms with E-state index in [1.165, 1.54) is 13.5 Å². The number of rotatable bonds is 10. The van der Waals surface area contributed by atoms with E-state index in [0.29, 0.717) is 54.7 Å². The van der Waals surface area contributed by atoms with Crippen LogP contribution < -0.4 is 20.1 Å². The van der Waals surface area contributed by atoms with Gasteiger partial charge in [0.05, 0.1) is 37.2 Å². The molecule has 2 amide bonds. The molecule has 5 rings (SSSR count). The standard InChI is InChI=1S/C33H48N2O6/c1-6-20-17-24(41-23-10-14-33(3,15-11-23)31(38)40-5)18-25(28(20)39-4)29(36)35-27-22-9-8-21(16-22)26(27)30(37)34-19-32(2)12-7-13-32/h17-18,21-23,26-27H,6-16,19H2,1-5H3,(H,34,37)(H,35,36)/t21-,22+,23?,26+,27-,33?/m1/s1. The van der Waals surface area contributed by atoms with Gasteiger partial charge in [-0.3, -0.25) is 14.4 Å². The Morgan fingerprint density at radius 1 is 0.976 bits per heavy atom. The first kappa shape index (κ1) is 29.7. The maximum Gasteiger partial charge on any atom is 0.311 e. The lowest BCUT2D eigenvalue weighted by Crippen LogP contribution is -2.51. The van der Waals surface area contributed by atoms with Crippen molar-refractivity contribution in [2.24, 2.45) is 28.6 Å². The van der Waals surface area contributed by atoms with Gasteiger partial charge in [0.25, 0.3) is 5.91 Å². The number of fused-ring (bicyclic) bond motifs is 2. The summed E-state index contributed by atoms with van der Waals surface area (Å²) in [6, 6.07) is 3.56. The number of ether oxygens (including phenoxy) is 3. The molecular weight excluding hydrogens is 520 g/mol. The minimum Gasteiger partial charge on any atom is -0.496 e. The maximum absolute atomic E-state index is 13.9. The molecule has 2 bridgehead atoms. The van der Waals surface area contributed by atoms with Crippen LogP contribution in [0.4, 0.5) is 0 Å². The van der Waals surface area contributed by atoms with Crippen LogP contribution in [0.1, 0.15) is 101 Å². The zero-order chi connectivity index (χ0) is 29.4. The summed E-state index contributed by atoms with van der Waals surface area (Å²) in [6.07, 6.45) is 10.2. The van der Waals surface area contributed by atoms with Crippen LogP contribution >= 0.6 is 0 Å². The van der Waals surface area contributed by atoms with Crippen molar-refractivity contribution in [3.05, 3.63) is 23.3 Å². The number of carbonyl (C=O) groups is 3. The van der Waals surface area contributed by atoms with Crippen LogP contribution in [-0.4, -0.2) is 50.7 Å². The number of methoxy groups -OCH3 is 2. The quantitative estimate of drug-likeness (QED) is 0.376. The highest BCUT2D eigenvalue weighted by Gasteiger charge is 2.52. The van der Waals surface area contributed by atoms with Crippen molar-refractivity contribution in [3.8, 4) is 11.5 Å². The van der Waals surface area contributed by atoms with Gasteiger partial charge in [0.2, 0.25) is 5.91 Å². The third-order valence-electron chi connectivity index (χ3n) is 10.8. The molecule has 4 saturated carbocycles. The Morgan fingerprint density at radius 3 is 2.29 bits per heavy atom. The fourth-order valence-electron chi connectivity index (χ4n) is 7.87. The number of aryl methyl sites for hydroxylation is 1. The molecule has 0 saturated heterocycles. The van der Waals surface area contributed by atoms with Crippen molar-refractivity contribution in [2.45, 2.75) is 104 Å². The van der Waals surface area contributed by atoms with Crippen molar-refractivity contribution in [2.75, 3.05) is 20.8 Å². The van der Waals surface area contributed by atoms with Gasteiger partial charge >= 0.3 is 5.97 Å². The van der Waals surface area contributed by atoms with Gasteiger partial charge in [-0.05, 0) is 106 Å². The first-order chi connectivity index (χ1) is 19.6. The summed E-state index contributed by atoms with van der Waals surface area (Å²) in [7, 11) is 3.03. The van der Waals surface area contributed by atoms with Gasteiger partial charge in [-0.25, -0.2) is 0 Å². The topological polar surface area (TPSA) is 103 Å². The second-order valence-corrected chi connectivity index (χ2v) is 13.6. The van der Waals surface area contributed by atoms with Crippen LogP contribution in [0.2, 0.25) is 0 Å². The second-order valence-electron chi connectivity index (χ2n) is 13.6. The monoisotopic (exact) mass is 568 g/mol. The van der Waals surface area contributed by atoms with Crippen LogP contribution in [0.25, 0.3) is 0 Å². The minimum absolute atomic E-state index is 0.0436. The molecule has 1 aromatic rings. The van der Waals surface area contributed by atoms with E-state index >= 15 is 0 Å². The van der Waals surface area contributed by atoms with E-state index in [-0.39, 0.29) is 41.3 Å². The van der Waals surface area contributed by atoms with E-state index in [4.69, 9.17) is 14.2 Å². The third kappa shape index (κ3) is 5.94. The van der Waals surface area contributed by atoms with Gasteiger partial charge in [0.15, 0.2) is 0 Å². The number of nitrogens with one attached hydrogen (secondary N) is 2. The minimum atomic E-state index is -0.479. The average Bonchev–Trinajstić information content (AvgIpc) is 3.57. The highest BCUT2D eigenvalue weighted by atomic mass is 16.5. The van der Waals surface area contributed by atoms with Crippen LogP contribution in [0.5, 0.6) is 11.5 Å². The van der Waals surface area contributed by atoms with Crippen molar-refractivity contribution in [3.63, 3.8) is 0 Å². The van der Waals surface area contributed by atoms with Crippen LogP contribution in [0, 0.1) is 28.6 Å². The molecule has 0 radical (unpaired) electrons. The van der Waals surface area contributed by atoms with Crippen molar-refractivity contribution in [1.29, 1.82) is 0 Å². The average molecular weight is 569 g/mol. The predicted octanol–water partition coefficient (Wildman–Crippen LogP) is 5.21. The van der Waals surface area contributed by atoms with E-state index in [1.54, 1.807) is 13.2 Å². The van der Waals surface area contributed by atoms with Gasteiger partial charge < -0.3 is 24.8 Å². The van der Waals surface area contributed by atoms with E-state index in [9.17, 15) is 14.4 Å². The number of benzene rings is 1. The third-order valence-corrected chi connectivity index (χ3v) is 10.8. The molecule has 0 aromatic heterocycles. The Bertz CT molecular complexity index is 1150. The summed E-state index contributed by atoms with van der Waals surface area (Å²) < 4.78 is 17.2. The Labute approximate surface area is 244 Å². The van der Waals surface area contributed by atoms with E-state index < -0.39 is 5.41 Å². The van der Waals surface area contributed by atoms with Gasteiger partial charge in [-0.2, -0.15) is 0 Å². The molecule has 226 valence electrons. The van der Waals surface area contributed by atoms with Crippen molar-refractivity contribution >= 4 is 17.8 Å². The zero-order valence-corrected chi connectivity index (χ0v) is 25.5. The number of hydrogen-bond acceptors (Lipinski definition) is 6. The molecule has 4 aliphatic rings. The molecule has 0 spiro atoms. The molecule has 0 heterocycles. The summed E-state index contributed by atoms with van der Waals surface area (Å²) >= 11 is 0. The highest BCUT2D eigenvalue weighted by molar-refractivity contribution is 5.98. The van der Waals surface area contributed by atoms with Crippen molar-refractivity contribution in [1.82, 2.24) is 10.6 Å². The normalized spacial score (nSPS) is 31.6. The number of carbonyl (C=O) groups excluding carboxylic acids is 3. The molecule has 0 unspecified atom stereocenters. The molecule has 1 aromatic carbocycles. The Kier molecular flexibility index (Phi) is 8.58. The second kappa shape index (κ2) is 11.8. The summed E-state index contributed by atoms with van der Waals surface area (Å²) in [5, 5.41) is 6.53. The molecule has 2 N–H and O–H groups in total. The summed E-state index contributed by atoms with van der Waals surface area (Å²) in [5.41, 5.74) is 1.09.